The summed E-state index contributed by atoms with van der Waals surface area (Å²) in [5.41, 5.74) is 1.82. The van der Waals surface area contributed by atoms with Crippen LogP contribution >= 0.6 is 11.6 Å². The van der Waals surface area contributed by atoms with Crippen LogP contribution in [0.3, 0.4) is 0 Å². The number of rotatable bonds is 8. The van der Waals surface area contributed by atoms with E-state index >= 15 is 0 Å². The summed E-state index contributed by atoms with van der Waals surface area (Å²) < 4.78 is 5.66. The van der Waals surface area contributed by atoms with Crippen LogP contribution in [0, 0.1) is 11.8 Å². The average Bonchev–Trinajstić information content (AvgIpc) is 3.32. The van der Waals surface area contributed by atoms with Crippen LogP contribution < -0.4 is 15.4 Å². The topological polar surface area (TPSA) is 79.0 Å². The molecule has 26 heavy (non-hydrogen) atoms. The van der Waals surface area contributed by atoms with Gasteiger partial charge >= 0.3 is 0 Å². The molecule has 1 aliphatic heterocycles. The summed E-state index contributed by atoms with van der Waals surface area (Å²) in [7, 11) is 0. The molecule has 1 aromatic heterocycles. The number of H-pyrrole nitrogens is 1. The highest BCUT2D eigenvalue weighted by atomic mass is 35.5. The lowest BCUT2D eigenvalue weighted by molar-refractivity contribution is -0.125. The molecule has 1 fully saturated rings. The molecule has 0 bridgehead atoms. The van der Waals surface area contributed by atoms with Gasteiger partial charge in [0.1, 0.15) is 6.61 Å². The molecule has 2 atom stereocenters. The van der Waals surface area contributed by atoms with E-state index in [-0.39, 0.29) is 11.8 Å². The molecule has 0 spiro atoms. The van der Waals surface area contributed by atoms with Crippen molar-refractivity contribution in [1.29, 1.82) is 0 Å². The number of benzene rings is 1. The van der Waals surface area contributed by atoms with Gasteiger partial charge in [-0.1, -0.05) is 30.7 Å². The van der Waals surface area contributed by atoms with Crippen molar-refractivity contribution in [2.45, 2.75) is 19.8 Å². The Bertz CT molecular complexity index is 711. The van der Waals surface area contributed by atoms with E-state index in [9.17, 15) is 4.79 Å². The van der Waals surface area contributed by atoms with E-state index in [1.54, 1.807) is 0 Å². The highest BCUT2D eigenvalue weighted by Crippen LogP contribution is 2.22. The largest absolute Gasteiger partial charge is 0.476 e. The average molecular weight is 377 g/mol. The number of nitrogens with one attached hydrogen (secondary N) is 3. The Morgan fingerprint density at radius 1 is 1.42 bits per heavy atom. The number of ether oxygens (including phenoxy) is 1. The Kier molecular flexibility index (Phi) is 6.52. The zero-order valence-electron chi connectivity index (χ0n) is 14.9. The molecule has 3 N–H and O–H groups in total. The van der Waals surface area contributed by atoms with Gasteiger partial charge in [-0.15, -0.1) is 5.10 Å². The van der Waals surface area contributed by atoms with E-state index in [1.807, 2.05) is 37.3 Å². The Hall–Kier alpha value is -2.05. The van der Waals surface area contributed by atoms with E-state index < -0.39 is 0 Å². The third kappa shape index (κ3) is 5.22. The van der Waals surface area contributed by atoms with Gasteiger partial charge in [-0.25, -0.2) is 0 Å². The van der Waals surface area contributed by atoms with Gasteiger partial charge in [0.05, 0.1) is 11.6 Å². The van der Waals surface area contributed by atoms with E-state index in [4.69, 9.17) is 16.3 Å². The highest BCUT2D eigenvalue weighted by molar-refractivity contribution is 6.30. The quantitative estimate of drug-likeness (QED) is 0.662. The fraction of sp³-hybridized carbons (Fsp3) is 0.474. The van der Waals surface area contributed by atoms with Gasteiger partial charge in [-0.05, 0) is 49.5 Å². The third-order valence-electron chi connectivity index (χ3n) is 4.65. The van der Waals surface area contributed by atoms with Crippen molar-refractivity contribution < 1.29 is 9.53 Å². The van der Waals surface area contributed by atoms with Gasteiger partial charge in [0.2, 0.25) is 11.8 Å². The summed E-state index contributed by atoms with van der Waals surface area (Å²) in [5.74, 6) is 0.945. The Morgan fingerprint density at radius 3 is 2.96 bits per heavy atom. The maximum Gasteiger partial charge on any atom is 0.233 e. The smallest absolute Gasteiger partial charge is 0.233 e. The van der Waals surface area contributed by atoms with Crippen LogP contribution in [0.15, 0.2) is 30.3 Å². The molecule has 2 heterocycles. The van der Waals surface area contributed by atoms with Crippen molar-refractivity contribution in [2.24, 2.45) is 11.8 Å². The van der Waals surface area contributed by atoms with Crippen LogP contribution in [0.2, 0.25) is 5.02 Å². The Balaban J connectivity index is 1.41. The number of aromatic amines is 1. The van der Waals surface area contributed by atoms with Gasteiger partial charge in [0.25, 0.3) is 0 Å². The van der Waals surface area contributed by atoms with Gasteiger partial charge in [0.15, 0.2) is 0 Å². The minimum absolute atomic E-state index is 0.0180. The third-order valence-corrected chi connectivity index (χ3v) is 4.90. The number of aromatic nitrogens is 2. The second-order valence-electron chi connectivity index (χ2n) is 6.78. The molecular formula is C19H25ClN4O2. The molecule has 140 valence electrons. The molecule has 0 aliphatic carbocycles. The molecule has 1 amide bonds. The first-order chi connectivity index (χ1) is 12.6. The number of carbonyl (C=O) groups excluding carboxylic acids is 1. The predicted octanol–water partition coefficient (Wildman–Crippen LogP) is 2.86. The van der Waals surface area contributed by atoms with Crippen LogP contribution in [0.5, 0.6) is 5.88 Å². The van der Waals surface area contributed by atoms with E-state index in [2.05, 4.69) is 20.8 Å². The number of hydrogen-bond acceptors (Lipinski definition) is 4. The predicted molar refractivity (Wildman–Crippen MR) is 102 cm³/mol. The molecule has 1 aliphatic rings. The molecule has 0 radical (unpaired) electrons. The van der Waals surface area contributed by atoms with Crippen molar-refractivity contribution in [3.63, 3.8) is 0 Å². The van der Waals surface area contributed by atoms with Crippen LogP contribution in [0.4, 0.5) is 0 Å². The van der Waals surface area contributed by atoms with Gasteiger partial charge < -0.3 is 15.4 Å². The first kappa shape index (κ1) is 18.7. The molecule has 2 aromatic rings. The van der Waals surface area contributed by atoms with Gasteiger partial charge in [0, 0.05) is 17.6 Å². The molecule has 7 heteroatoms. The molecule has 6 nitrogen and oxygen atoms in total. The number of amides is 1. The van der Waals surface area contributed by atoms with Crippen molar-refractivity contribution in [2.75, 3.05) is 26.2 Å². The zero-order valence-corrected chi connectivity index (χ0v) is 15.7. The molecule has 3 rings (SSSR count). The lowest BCUT2D eigenvalue weighted by Crippen LogP contribution is -2.33. The van der Waals surface area contributed by atoms with Crippen LogP contribution in [0.25, 0.3) is 11.3 Å². The summed E-state index contributed by atoms with van der Waals surface area (Å²) in [4.78, 5) is 12.1. The second kappa shape index (κ2) is 9.05. The molecule has 2 unspecified atom stereocenters. The van der Waals surface area contributed by atoms with Crippen LogP contribution in [-0.4, -0.2) is 42.3 Å². The van der Waals surface area contributed by atoms with E-state index in [0.717, 1.165) is 37.3 Å². The maximum absolute atomic E-state index is 12.1. The number of nitrogens with zero attached hydrogens (tertiary/aromatic N) is 1. The first-order valence-electron chi connectivity index (χ1n) is 9.04. The lowest BCUT2D eigenvalue weighted by Gasteiger charge is -2.13. The second-order valence-corrected chi connectivity index (χ2v) is 7.21. The van der Waals surface area contributed by atoms with E-state index in [0.29, 0.717) is 23.4 Å². The van der Waals surface area contributed by atoms with Crippen molar-refractivity contribution in [1.82, 2.24) is 20.8 Å². The van der Waals surface area contributed by atoms with E-state index in [1.165, 1.54) is 6.42 Å². The minimum Gasteiger partial charge on any atom is -0.476 e. The number of hydrogen-bond donors (Lipinski definition) is 3. The Labute approximate surface area is 158 Å². The fourth-order valence-corrected chi connectivity index (χ4v) is 3.10. The summed E-state index contributed by atoms with van der Waals surface area (Å²) in [6.07, 6.45) is 2.22. The minimum atomic E-state index is -0.229. The molecule has 1 aromatic carbocycles. The fourth-order valence-electron chi connectivity index (χ4n) is 2.98. The SMILES string of the molecule is CC(COc1cc(-c2ccc(Cl)cc2)[nH]n1)C(=O)NCCC1CCNC1. The van der Waals surface area contributed by atoms with Gasteiger partial charge in [-0.2, -0.15) is 0 Å². The summed E-state index contributed by atoms with van der Waals surface area (Å²) in [6, 6.07) is 9.30. The maximum atomic E-state index is 12.1. The van der Waals surface area contributed by atoms with Gasteiger partial charge in [-0.3, -0.25) is 9.89 Å². The standard InChI is InChI=1S/C19H25ClN4O2/c1-13(19(25)22-9-7-14-6-8-21-11-14)12-26-18-10-17(23-24-18)15-2-4-16(20)5-3-15/h2-5,10,13-14,21H,6-9,11-12H2,1H3,(H,22,25)(H,23,24). The van der Waals surface area contributed by atoms with Crippen LogP contribution in [-0.2, 0) is 4.79 Å². The monoisotopic (exact) mass is 376 g/mol. The van der Waals surface area contributed by atoms with Crippen LogP contribution in [0.1, 0.15) is 19.8 Å². The zero-order chi connectivity index (χ0) is 18.4. The summed E-state index contributed by atoms with van der Waals surface area (Å²) in [5, 5.41) is 14.1. The highest BCUT2D eigenvalue weighted by Gasteiger charge is 2.17. The van der Waals surface area contributed by atoms with Crippen molar-refractivity contribution in [3.8, 4) is 17.1 Å². The summed E-state index contributed by atoms with van der Waals surface area (Å²) >= 11 is 5.90. The molecule has 0 saturated carbocycles. The number of halogens is 1. The van der Waals surface area contributed by atoms with Crippen molar-refractivity contribution >= 4 is 17.5 Å². The molecular weight excluding hydrogens is 352 g/mol. The normalized spacial score (nSPS) is 17.8. The van der Waals surface area contributed by atoms with Crippen molar-refractivity contribution in [3.05, 3.63) is 35.4 Å². The molecule has 1 saturated heterocycles. The summed E-state index contributed by atoms with van der Waals surface area (Å²) in [6.45, 7) is 5.02. The first-order valence-corrected chi connectivity index (χ1v) is 9.42. The Morgan fingerprint density at radius 2 is 2.23 bits per heavy atom. The lowest BCUT2D eigenvalue weighted by atomic mass is 10.1. The number of carbonyl (C=O) groups is 1.